The van der Waals surface area contributed by atoms with Crippen LogP contribution in [0.25, 0.3) is 0 Å². The maximum Gasteiger partial charge on any atom is 0.338 e. The van der Waals surface area contributed by atoms with Gasteiger partial charge in [-0.25, -0.2) is 4.79 Å². The minimum absolute atomic E-state index is 0.103. The summed E-state index contributed by atoms with van der Waals surface area (Å²) in [5.41, 5.74) is 2.89. The maximum atomic E-state index is 12.7. The zero-order chi connectivity index (χ0) is 19.0. The molecule has 0 saturated carbocycles. The molecule has 0 radical (unpaired) electrons. The fourth-order valence-corrected chi connectivity index (χ4v) is 4.06. The quantitative estimate of drug-likeness (QED) is 0.826. The van der Waals surface area contributed by atoms with E-state index in [2.05, 4.69) is 5.32 Å². The number of nitrogens with zero attached hydrogens (tertiary/aromatic N) is 1. The van der Waals surface area contributed by atoms with E-state index in [0.717, 1.165) is 22.6 Å². The van der Waals surface area contributed by atoms with Crippen LogP contribution in [0.15, 0.2) is 47.4 Å². The fraction of sp³-hybridized carbons (Fsp3) is 0.250. The van der Waals surface area contributed by atoms with Crippen molar-refractivity contribution in [2.75, 3.05) is 22.5 Å². The minimum Gasteiger partial charge on any atom is -0.449 e. The molecule has 2 aromatic carbocycles. The molecule has 0 aromatic heterocycles. The van der Waals surface area contributed by atoms with E-state index in [1.54, 1.807) is 30.0 Å². The van der Waals surface area contributed by atoms with Crippen molar-refractivity contribution in [1.82, 2.24) is 0 Å². The van der Waals surface area contributed by atoms with Crippen molar-refractivity contribution >= 4 is 40.9 Å². The van der Waals surface area contributed by atoms with E-state index in [4.69, 9.17) is 4.74 Å². The van der Waals surface area contributed by atoms with Gasteiger partial charge in [-0.15, -0.1) is 11.8 Å². The Labute approximate surface area is 160 Å². The van der Waals surface area contributed by atoms with Crippen LogP contribution in [0.4, 0.5) is 11.4 Å². The number of rotatable bonds is 3. The Bertz CT molecular complexity index is 943. The first-order valence-corrected chi connectivity index (χ1v) is 9.68. The molecule has 27 heavy (non-hydrogen) atoms. The first kappa shape index (κ1) is 17.6. The third-order valence-electron chi connectivity index (χ3n) is 4.63. The topological polar surface area (TPSA) is 75.7 Å². The lowest BCUT2D eigenvalue weighted by Crippen LogP contribution is -2.39. The van der Waals surface area contributed by atoms with Gasteiger partial charge in [-0.05, 0) is 43.2 Å². The summed E-state index contributed by atoms with van der Waals surface area (Å²) in [6.45, 7) is 2.17. The summed E-state index contributed by atoms with van der Waals surface area (Å²) in [6.07, 6.45) is -0.103. The second-order valence-electron chi connectivity index (χ2n) is 6.46. The van der Waals surface area contributed by atoms with Crippen LogP contribution < -0.4 is 10.2 Å². The number of carbonyl (C=O) groups excluding carboxylic acids is 3. The Morgan fingerprint density at radius 1 is 1.22 bits per heavy atom. The molecule has 6 nitrogen and oxygen atoms in total. The molecule has 0 saturated heterocycles. The predicted octanol–water partition coefficient (Wildman–Crippen LogP) is 2.87. The van der Waals surface area contributed by atoms with Crippen LogP contribution in [0.5, 0.6) is 0 Å². The minimum atomic E-state index is -0.899. The summed E-state index contributed by atoms with van der Waals surface area (Å²) in [5, 5.41) is 2.74. The second kappa shape index (κ2) is 7.08. The molecular weight excluding hydrogens is 364 g/mol. The first-order chi connectivity index (χ1) is 13.0. The van der Waals surface area contributed by atoms with Gasteiger partial charge in [0.15, 0.2) is 6.10 Å². The SMILES string of the molecule is C[C@H](OC(=O)c1ccc2c(c1)NC(=O)CS2)C(=O)N1CCc2ccccc21. The van der Waals surface area contributed by atoms with Crippen LogP contribution in [0.1, 0.15) is 22.8 Å². The predicted molar refractivity (Wildman–Crippen MR) is 103 cm³/mol. The summed E-state index contributed by atoms with van der Waals surface area (Å²) in [4.78, 5) is 39.3. The van der Waals surface area contributed by atoms with Gasteiger partial charge >= 0.3 is 5.97 Å². The van der Waals surface area contributed by atoms with Crippen LogP contribution in [0, 0.1) is 0 Å². The summed E-state index contributed by atoms with van der Waals surface area (Å²) < 4.78 is 5.39. The van der Waals surface area contributed by atoms with E-state index in [-0.39, 0.29) is 11.8 Å². The number of amides is 2. The van der Waals surface area contributed by atoms with E-state index in [1.807, 2.05) is 24.3 Å². The summed E-state index contributed by atoms with van der Waals surface area (Å²) in [7, 11) is 0. The van der Waals surface area contributed by atoms with Crippen molar-refractivity contribution in [2.24, 2.45) is 0 Å². The lowest BCUT2D eigenvalue weighted by atomic mass is 10.2. The van der Waals surface area contributed by atoms with Gasteiger partial charge < -0.3 is 15.0 Å². The summed E-state index contributed by atoms with van der Waals surface area (Å²) in [6, 6.07) is 12.7. The molecule has 0 aliphatic carbocycles. The Hall–Kier alpha value is -2.80. The second-order valence-corrected chi connectivity index (χ2v) is 7.48. The van der Waals surface area contributed by atoms with E-state index in [1.165, 1.54) is 11.8 Å². The molecule has 0 unspecified atom stereocenters. The van der Waals surface area contributed by atoms with E-state index in [9.17, 15) is 14.4 Å². The van der Waals surface area contributed by atoms with E-state index >= 15 is 0 Å². The molecule has 1 atom stereocenters. The highest BCUT2D eigenvalue weighted by Gasteiger charge is 2.30. The largest absolute Gasteiger partial charge is 0.449 e. The molecule has 2 heterocycles. The van der Waals surface area contributed by atoms with Gasteiger partial charge in [0.2, 0.25) is 5.91 Å². The van der Waals surface area contributed by atoms with Gasteiger partial charge in [0.05, 0.1) is 17.0 Å². The number of fused-ring (bicyclic) bond motifs is 2. The highest BCUT2D eigenvalue weighted by molar-refractivity contribution is 8.00. The normalized spacial score (nSPS) is 16.2. The van der Waals surface area contributed by atoms with Gasteiger partial charge in [-0.1, -0.05) is 18.2 Å². The van der Waals surface area contributed by atoms with Crippen molar-refractivity contribution < 1.29 is 19.1 Å². The van der Waals surface area contributed by atoms with Gasteiger partial charge in [-0.2, -0.15) is 0 Å². The van der Waals surface area contributed by atoms with Crippen LogP contribution in [-0.4, -0.2) is 36.2 Å². The number of carbonyl (C=O) groups is 3. The number of para-hydroxylation sites is 1. The number of thioether (sulfide) groups is 1. The van der Waals surface area contributed by atoms with Crippen molar-refractivity contribution in [1.29, 1.82) is 0 Å². The van der Waals surface area contributed by atoms with Crippen molar-refractivity contribution in [2.45, 2.75) is 24.3 Å². The molecule has 2 amide bonds. The summed E-state index contributed by atoms with van der Waals surface area (Å²) >= 11 is 1.42. The molecule has 4 rings (SSSR count). The Morgan fingerprint density at radius 2 is 2.04 bits per heavy atom. The molecule has 0 fully saturated rings. The van der Waals surface area contributed by atoms with Gasteiger partial charge in [0, 0.05) is 17.1 Å². The first-order valence-electron chi connectivity index (χ1n) is 8.70. The fourth-order valence-electron chi connectivity index (χ4n) is 3.28. The number of hydrogen-bond acceptors (Lipinski definition) is 5. The number of hydrogen-bond donors (Lipinski definition) is 1. The standard InChI is InChI=1S/C20H18N2O4S/c1-12(19(24)22-9-8-13-4-2-3-5-16(13)22)26-20(25)14-6-7-17-15(10-14)21-18(23)11-27-17/h2-7,10,12H,8-9,11H2,1H3,(H,21,23)/t12-/m0/s1. The van der Waals surface area contributed by atoms with Gasteiger partial charge in [0.25, 0.3) is 5.91 Å². The highest BCUT2D eigenvalue weighted by Crippen LogP contribution is 2.32. The molecule has 2 aliphatic rings. The molecular formula is C20H18N2O4S. The number of ether oxygens (including phenoxy) is 1. The molecule has 138 valence electrons. The highest BCUT2D eigenvalue weighted by atomic mass is 32.2. The van der Waals surface area contributed by atoms with Crippen LogP contribution >= 0.6 is 11.8 Å². The van der Waals surface area contributed by atoms with Crippen molar-refractivity contribution in [3.63, 3.8) is 0 Å². The van der Waals surface area contributed by atoms with E-state index in [0.29, 0.717) is 23.5 Å². The molecule has 7 heteroatoms. The number of esters is 1. The molecule has 1 N–H and O–H groups in total. The Kier molecular flexibility index (Phi) is 4.61. The monoisotopic (exact) mass is 382 g/mol. The smallest absolute Gasteiger partial charge is 0.338 e. The number of nitrogens with one attached hydrogen (secondary N) is 1. The lowest BCUT2D eigenvalue weighted by molar-refractivity contribution is -0.126. The van der Waals surface area contributed by atoms with Gasteiger partial charge in [0.1, 0.15) is 0 Å². The third kappa shape index (κ3) is 3.42. The average Bonchev–Trinajstić information content (AvgIpc) is 3.10. The van der Waals surface area contributed by atoms with Crippen molar-refractivity contribution in [3.05, 3.63) is 53.6 Å². The molecule has 2 aliphatic heterocycles. The third-order valence-corrected chi connectivity index (χ3v) is 5.71. The van der Waals surface area contributed by atoms with Crippen LogP contribution in [-0.2, 0) is 20.7 Å². The lowest BCUT2D eigenvalue weighted by Gasteiger charge is -2.22. The maximum absolute atomic E-state index is 12.7. The summed E-state index contributed by atoms with van der Waals surface area (Å²) in [5.74, 6) is -0.569. The molecule has 2 aromatic rings. The number of benzene rings is 2. The molecule has 0 bridgehead atoms. The number of anilines is 2. The zero-order valence-corrected chi connectivity index (χ0v) is 15.5. The molecule has 0 spiro atoms. The Balaban J connectivity index is 1.46. The zero-order valence-electron chi connectivity index (χ0n) is 14.7. The van der Waals surface area contributed by atoms with Crippen LogP contribution in [0.2, 0.25) is 0 Å². The Morgan fingerprint density at radius 3 is 2.89 bits per heavy atom. The average molecular weight is 382 g/mol. The van der Waals surface area contributed by atoms with E-state index < -0.39 is 12.1 Å². The van der Waals surface area contributed by atoms with Gasteiger partial charge in [-0.3, -0.25) is 9.59 Å². The van der Waals surface area contributed by atoms with Crippen LogP contribution in [0.3, 0.4) is 0 Å². The van der Waals surface area contributed by atoms with Crippen molar-refractivity contribution in [3.8, 4) is 0 Å².